The van der Waals surface area contributed by atoms with Crippen LogP contribution in [-0.2, 0) is 12.8 Å². The third-order valence-electron chi connectivity index (χ3n) is 3.05. The van der Waals surface area contributed by atoms with Gasteiger partial charge in [0.2, 0.25) is 0 Å². The minimum atomic E-state index is 0. The molecule has 0 amide bonds. The summed E-state index contributed by atoms with van der Waals surface area (Å²) in [7, 11) is 0. The van der Waals surface area contributed by atoms with Crippen LogP contribution >= 0.6 is 0 Å². The molecule has 0 N–H and O–H groups in total. The van der Waals surface area contributed by atoms with Crippen molar-refractivity contribution < 1.29 is 0 Å². The van der Waals surface area contributed by atoms with Gasteiger partial charge in [-0.2, -0.15) is 0 Å². The lowest BCUT2D eigenvalue weighted by Gasteiger charge is -2.21. The zero-order valence-electron chi connectivity index (χ0n) is 9.22. The summed E-state index contributed by atoms with van der Waals surface area (Å²) >= 11 is 0. The van der Waals surface area contributed by atoms with Gasteiger partial charge in [0.25, 0.3) is 0 Å². The number of hydrogen-bond donors (Lipinski definition) is 0. The van der Waals surface area contributed by atoms with E-state index >= 15 is 0 Å². The number of benzene rings is 1. The van der Waals surface area contributed by atoms with Crippen molar-refractivity contribution in [3.05, 3.63) is 34.9 Å². The minimum absolute atomic E-state index is 0. The average Bonchev–Trinajstić information content (AvgIpc) is 2.17. The predicted octanol–water partition coefficient (Wildman–Crippen LogP) is 4.58. The zero-order chi connectivity index (χ0) is 9.26. The van der Waals surface area contributed by atoms with Crippen molar-refractivity contribution in [1.29, 1.82) is 0 Å². The highest BCUT2D eigenvalue weighted by molar-refractivity contribution is 5.75. The van der Waals surface area contributed by atoms with Crippen LogP contribution in [0.2, 0.25) is 0 Å². The van der Waals surface area contributed by atoms with Gasteiger partial charge in [-0.05, 0) is 48.3 Å². The monoisotopic (exact) mass is 217 g/mol. The van der Waals surface area contributed by atoms with Crippen molar-refractivity contribution >= 4 is 8.41 Å². The lowest BCUT2D eigenvalue weighted by Crippen LogP contribution is -2.06. The Labute approximate surface area is 104 Å². The van der Waals surface area contributed by atoms with Crippen LogP contribution in [-0.4, -0.2) is 8.41 Å². The van der Waals surface area contributed by atoms with E-state index < -0.39 is 0 Å². The molecule has 0 aliphatic heterocycles. The molecule has 2 rings (SSSR count). The van der Waals surface area contributed by atoms with E-state index in [9.17, 15) is 0 Å². The van der Waals surface area contributed by atoms with Crippen LogP contribution in [0.1, 0.15) is 64.2 Å². The Morgan fingerprint density at radius 3 is 2.25 bits per heavy atom. The molecule has 0 unspecified atom stereocenters. The molecule has 1 aromatic rings. The first-order valence-electron chi connectivity index (χ1n) is 5.39. The third-order valence-corrected chi connectivity index (χ3v) is 3.05. The Morgan fingerprint density at radius 1 is 1.00 bits per heavy atom. The molecule has 0 aromatic heterocycles. The molecule has 1 heteroatoms. The van der Waals surface area contributed by atoms with Crippen LogP contribution < -0.4 is 0 Å². The second kappa shape index (κ2) is 7.54. The molecule has 0 saturated carbocycles. The van der Waals surface area contributed by atoms with E-state index in [1.165, 1.54) is 25.7 Å². The second-order valence-electron chi connectivity index (χ2n) is 4.35. The standard InChI is InChI=1S/C13H18.2CH4.B/c1-10(2)12-9-5-7-11-6-3-4-8-13(11)12;;;/h5,7,9-10H,3-4,6,8H2,1-2H3;2*1H4;. The largest absolute Gasteiger partial charge is 0.0776 e. The molecule has 89 valence electrons. The van der Waals surface area contributed by atoms with E-state index in [4.69, 9.17) is 0 Å². The first kappa shape index (κ1) is 17.7. The summed E-state index contributed by atoms with van der Waals surface area (Å²) < 4.78 is 0. The van der Waals surface area contributed by atoms with Crippen molar-refractivity contribution in [2.45, 2.75) is 60.3 Å². The second-order valence-corrected chi connectivity index (χ2v) is 4.35. The highest BCUT2D eigenvalue weighted by atomic mass is 14.2. The molecule has 1 aliphatic rings. The van der Waals surface area contributed by atoms with Gasteiger partial charge in [-0.25, -0.2) is 0 Å². The van der Waals surface area contributed by atoms with Gasteiger partial charge in [0.05, 0.1) is 0 Å². The summed E-state index contributed by atoms with van der Waals surface area (Å²) in [5, 5.41) is 0. The van der Waals surface area contributed by atoms with Gasteiger partial charge in [-0.3, -0.25) is 0 Å². The van der Waals surface area contributed by atoms with Crippen LogP contribution in [0.3, 0.4) is 0 Å². The lowest BCUT2D eigenvalue weighted by molar-refractivity contribution is 0.670. The van der Waals surface area contributed by atoms with Gasteiger partial charge in [-0.1, -0.05) is 46.9 Å². The Bertz CT molecular complexity index is 302. The quantitative estimate of drug-likeness (QED) is 0.604. The summed E-state index contributed by atoms with van der Waals surface area (Å²) in [6.07, 6.45) is 5.38. The SMILES string of the molecule is C.C.CC(C)c1cccc2c1CCCC2.[B]. The van der Waals surface area contributed by atoms with E-state index in [0.29, 0.717) is 5.92 Å². The molecule has 0 nitrogen and oxygen atoms in total. The molecule has 1 aromatic carbocycles. The van der Waals surface area contributed by atoms with Crippen molar-refractivity contribution in [2.24, 2.45) is 0 Å². The van der Waals surface area contributed by atoms with Crippen LogP contribution in [0.4, 0.5) is 0 Å². The summed E-state index contributed by atoms with van der Waals surface area (Å²) in [6, 6.07) is 6.83. The number of hydrogen-bond acceptors (Lipinski definition) is 0. The number of rotatable bonds is 1. The number of aryl methyl sites for hydroxylation is 1. The van der Waals surface area contributed by atoms with Crippen molar-refractivity contribution in [1.82, 2.24) is 0 Å². The van der Waals surface area contributed by atoms with Crippen LogP contribution in [0, 0.1) is 0 Å². The average molecular weight is 217 g/mol. The van der Waals surface area contributed by atoms with E-state index in [2.05, 4.69) is 32.0 Å². The summed E-state index contributed by atoms with van der Waals surface area (Å²) in [6.45, 7) is 4.59. The highest BCUT2D eigenvalue weighted by Gasteiger charge is 2.13. The molecule has 1 aliphatic carbocycles. The van der Waals surface area contributed by atoms with Gasteiger partial charge >= 0.3 is 0 Å². The van der Waals surface area contributed by atoms with Crippen LogP contribution in [0.5, 0.6) is 0 Å². The Kier molecular flexibility index (Phi) is 8.33. The molecule has 0 heterocycles. The van der Waals surface area contributed by atoms with Gasteiger partial charge in [0, 0.05) is 8.41 Å². The molecule has 0 saturated heterocycles. The summed E-state index contributed by atoms with van der Waals surface area (Å²) in [5.41, 5.74) is 4.85. The molecule has 16 heavy (non-hydrogen) atoms. The maximum absolute atomic E-state index is 2.31. The number of fused-ring (bicyclic) bond motifs is 1. The van der Waals surface area contributed by atoms with Crippen molar-refractivity contribution in [3.8, 4) is 0 Å². The van der Waals surface area contributed by atoms with Gasteiger partial charge in [-0.15, -0.1) is 0 Å². The summed E-state index contributed by atoms with van der Waals surface area (Å²) in [5.74, 6) is 0.688. The van der Waals surface area contributed by atoms with E-state index in [-0.39, 0.29) is 23.3 Å². The first-order chi connectivity index (χ1) is 6.29. The molecular weight excluding hydrogens is 191 g/mol. The molecule has 0 bridgehead atoms. The Balaban J connectivity index is 0. The Morgan fingerprint density at radius 2 is 1.62 bits per heavy atom. The first-order valence-corrected chi connectivity index (χ1v) is 5.39. The fourth-order valence-corrected chi connectivity index (χ4v) is 2.35. The molecule has 0 spiro atoms. The fourth-order valence-electron chi connectivity index (χ4n) is 2.35. The van der Waals surface area contributed by atoms with Gasteiger partial charge in [0.15, 0.2) is 0 Å². The topological polar surface area (TPSA) is 0 Å². The van der Waals surface area contributed by atoms with E-state index in [0.717, 1.165) is 0 Å². The Hall–Kier alpha value is -0.715. The zero-order valence-corrected chi connectivity index (χ0v) is 9.22. The van der Waals surface area contributed by atoms with Crippen LogP contribution in [0.15, 0.2) is 18.2 Å². The van der Waals surface area contributed by atoms with Crippen molar-refractivity contribution in [2.75, 3.05) is 0 Å². The van der Waals surface area contributed by atoms with Crippen molar-refractivity contribution in [3.63, 3.8) is 0 Å². The minimum Gasteiger partial charge on any atom is -0.0776 e. The maximum atomic E-state index is 2.31. The van der Waals surface area contributed by atoms with Gasteiger partial charge in [0.1, 0.15) is 0 Å². The highest BCUT2D eigenvalue weighted by Crippen LogP contribution is 2.28. The smallest absolute Gasteiger partial charge is 0 e. The van der Waals surface area contributed by atoms with E-state index in [1.54, 1.807) is 16.7 Å². The predicted molar refractivity (Wildman–Crippen MR) is 76.4 cm³/mol. The fraction of sp³-hybridized carbons (Fsp3) is 0.600. The normalized spacial score (nSPS) is 12.9. The third kappa shape index (κ3) is 3.40. The summed E-state index contributed by atoms with van der Waals surface area (Å²) in [4.78, 5) is 0. The molecule has 3 radical (unpaired) electrons. The van der Waals surface area contributed by atoms with E-state index in [1.807, 2.05) is 0 Å². The van der Waals surface area contributed by atoms with Gasteiger partial charge < -0.3 is 0 Å². The van der Waals surface area contributed by atoms with Crippen LogP contribution in [0.25, 0.3) is 0 Å². The molecular formula is C15H26B. The maximum Gasteiger partial charge on any atom is 0 e. The molecule has 0 fully saturated rings. The lowest BCUT2D eigenvalue weighted by atomic mass is 9.85. The molecule has 0 atom stereocenters.